The van der Waals surface area contributed by atoms with Crippen LogP contribution in [0.25, 0.3) is 0 Å². The summed E-state index contributed by atoms with van der Waals surface area (Å²) in [7, 11) is 0. The lowest BCUT2D eigenvalue weighted by molar-refractivity contribution is -0.140. The Kier molecular flexibility index (Phi) is 11.0. The van der Waals surface area contributed by atoms with Gasteiger partial charge < -0.3 is 10.4 Å². The lowest BCUT2D eigenvalue weighted by atomic mass is 9.79. The zero-order chi connectivity index (χ0) is 16.1. The van der Waals surface area contributed by atoms with E-state index in [1.165, 1.54) is 25.7 Å². The molecule has 4 nitrogen and oxygen atoms in total. The molecule has 0 unspecified atom stereocenters. The number of hydrogen-bond donors (Lipinski definition) is 2. The van der Waals surface area contributed by atoms with Crippen LogP contribution in [0.1, 0.15) is 85.0 Å². The van der Waals surface area contributed by atoms with E-state index in [2.05, 4.69) is 19.2 Å². The number of nitrogens with one attached hydrogen (secondary N) is 1. The SMILES string of the molecule is CCCCCCC(C)(CCCCCC)C(=O)NCC(=O)O. The second kappa shape index (κ2) is 11.6. The Balaban J connectivity index is 4.41. The van der Waals surface area contributed by atoms with E-state index in [1.807, 2.05) is 6.92 Å². The highest BCUT2D eigenvalue weighted by Crippen LogP contribution is 2.31. The number of hydrogen-bond acceptors (Lipinski definition) is 2. The van der Waals surface area contributed by atoms with Gasteiger partial charge in [-0.25, -0.2) is 0 Å². The van der Waals surface area contributed by atoms with E-state index in [-0.39, 0.29) is 12.5 Å². The molecule has 2 N–H and O–H groups in total. The number of rotatable bonds is 13. The second-order valence-corrected chi connectivity index (χ2v) is 6.26. The third-order valence-electron chi connectivity index (χ3n) is 4.11. The Bertz CT molecular complexity index is 290. The molecular weight excluding hydrogens is 266 g/mol. The summed E-state index contributed by atoms with van der Waals surface area (Å²) in [5.41, 5.74) is -0.420. The van der Waals surface area contributed by atoms with Crippen molar-refractivity contribution in [2.75, 3.05) is 6.54 Å². The number of carboxylic acid groups (broad SMARTS) is 1. The van der Waals surface area contributed by atoms with Gasteiger partial charge >= 0.3 is 5.97 Å². The van der Waals surface area contributed by atoms with Crippen molar-refractivity contribution >= 4 is 11.9 Å². The van der Waals surface area contributed by atoms with Crippen LogP contribution < -0.4 is 5.32 Å². The molecule has 0 heterocycles. The van der Waals surface area contributed by atoms with E-state index in [4.69, 9.17) is 5.11 Å². The summed E-state index contributed by atoms with van der Waals surface area (Å²) < 4.78 is 0. The minimum atomic E-state index is -0.984. The molecule has 0 spiro atoms. The lowest BCUT2D eigenvalue weighted by Gasteiger charge is -2.28. The van der Waals surface area contributed by atoms with E-state index in [1.54, 1.807) is 0 Å². The number of amides is 1. The van der Waals surface area contributed by atoms with Crippen molar-refractivity contribution in [3.05, 3.63) is 0 Å². The van der Waals surface area contributed by atoms with Gasteiger partial charge in [-0.05, 0) is 12.8 Å². The normalized spacial score (nSPS) is 11.4. The van der Waals surface area contributed by atoms with Gasteiger partial charge in [0.05, 0.1) is 0 Å². The fourth-order valence-corrected chi connectivity index (χ4v) is 2.61. The van der Waals surface area contributed by atoms with Gasteiger partial charge in [0.25, 0.3) is 0 Å². The van der Waals surface area contributed by atoms with Gasteiger partial charge in [0, 0.05) is 5.41 Å². The van der Waals surface area contributed by atoms with Crippen molar-refractivity contribution in [2.24, 2.45) is 5.41 Å². The van der Waals surface area contributed by atoms with Crippen LogP contribution in [0.5, 0.6) is 0 Å². The van der Waals surface area contributed by atoms with E-state index in [0.29, 0.717) is 0 Å². The molecule has 1 amide bonds. The predicted octanol–water partition coefficient (Wildman–Crippen LogP) is 4.13. The molecule has 0 aromatic carbocycles. The molecule has 0 aliphatic heterocycles. The summed E-state index contributed by atoms with van der Waals surface area (Å²) in [6, 6.07) is 0. The van der Waals surface area contributed by atoms with Crippen LogP contribution in [0.15, 0.2) is 0 Å². The van der Waals surface area contributed by atoms with Crippen LogP contribution in [-0.2, 0) is 9.59 Å². The quantitative estimate of drug-likeness (QED) is 0.502. The van der Waals surface area contributed by atoms with Gasteiger partial charge in [0.2, 0.25) is 5.91 Å². The van der Waals surface area contributed by atoms with Gasteiger partial charge in [-0.15, -0.1) is 0 Å². The van der Waals surface area contributed by atoms with Crippen LogP contribution in [0.3, 0.4) is 0 Å². The van der Waals surface area contributed by atoms with E-state index in [9.17, 15) is 9.59 Å². The van der Waals surface area contributed by atoms with Crippen LogP contribution in [0.2, 0.25) is 0 Å². The Morgan fingerprint density at radius 1 is 0.905 bits per heavy atom. The highest BCUT2D eigenvalue weighted by molar-refractivity contribution is 5.85. The molecule has 0 aliphatic carbocycles. The van der Waals surface area contributed by atoms with Crippen molar-refractivity contribution < 1.29 is 14.7 Å². The second-order valence-electron chi connectivity index (χ2n) is 6.26. The first kappa shape index (κ1) is 19.9. The van der Waals surface area contributed by atoms with Crippen molar-refractivity contribution in [1.82, 2.24) is 5.32 Å². The zero-order valence-corrected chi connectivity index (χ0v) is 14.0. The summed E-state index contributed by atoms with van der Waals surface area (Å²) in [5.74, 6) is -1.08. The van der Waals surface area contributed by atoms with Gasteiger partial charge in [0.1, 0.15) is 6.54 Å². The highest BCUT2D eigenvalue weighted by Gasteiger charge is 2.32. The maximum absolute atomic E-state index is 12.3. The molecule has 0 aromatic heterocycles. The molecule has 0 atom stereocenters. The number of carboxylic acids is 1. The molecule has 0 bridgehead atoms. The maximum atomic E-state index is 12.3. The van der Waals surface area contributed by atoms with Crippen LogP contribution in [0, 0.1) is 5.41 Å². The van der Waals surface area contributed by atoms with E-state index in [0.717, 1.165) is 38.5 Å². The van der Waals surface area contributed by atoms with Gasteiger partial charge in [-0.3, -0.25) is 9.59 Å². The Morgan fingerprint density at radius 3 is 1.76 bits per heavy atom. The monoisotopic (exact) mass is 299 g/mol. The van der Waals surface area contributed by atoms with Crippen molar-refractivity contribution in [2.45, 2.75) is 85.0 Å². The van der Waals surface area contributed by atoms with Crippen LogP contribution in [-0.4, -0.2) is 23.5 Å². The third-order valence-corrected chi connectivity index (χ3v) is 4.11. The number of aliphatic carboxylic acids is 1. The molecule has 0 saturated carbocycles. The highest BCUT2D eigenvalue weighted by atomic mass is 16.4. The van der Waals surface area contributed by atoms with Crippen molar-refractivity contribution in [1.29, 1.82) is 0 Å². The largest absolute Gasteiger partial charge is 0.480 e. The Hall–Kier alpha value is -1.06. The third kappa shape index (κ3) is 9.48. The summed E-state index contributed by atoms with van der Waals surface area (Å²) in [6.07, 6.45) is 10.8. The number of carbonyl (C=O) groups is 2. The summed E-state index contributed by atoms with van der Waals surface area (Å²) in [6.45, 7) is 6.05. The molecule has 21 heavy (non-hydrogen) atoms. The molecular formula is C17H33NO3. The molecule has 0 rings (SSSR count). The fraction of sp³-hybridized carbons (Fsp3) is 0.882. The van der Waals surface area contributed by atoms with Gasteiger partial charge in [0.15, 0.2) is 0 Å². The van der Waals surface area contributed by atoms with Crippen molar-refractivity contribution in [3.63, 3.8) is 0 Å². The van der Waals surface area contributed by atoms with Gasteiger partial charge in [-0.1, -0.05) is 72.1 Å². The average molecular weight is 299 g/mol. The molecule has 4 heteroatoms. The molecule has 0 aliphatic rings. The molecule has 0 fully saturated rings. The Morgan fingerprint density at radius 2 is 1.38 bits per heavy atom. The smallest absolute Gasteiger partial charge is 0.322 e. The number of carbonyl (C=O) groups excluding carboxylic acids is 1. The molecule has 124 valence electrons. The van der Waals surface area contributed by atoms with Crippen LogP contribution in [0.4, 0.5) is 0 Å². The standard InChI is InChI=1S/C17H33NO3/c1-4-6-8-10-12-17(3,13-11-9-7-5-2)16(21)18-14-15(19)20/h4-14H2,1-3H3,(H,18,21)(H,19,20). The minimum Gasteiger partial charge on any atom is -0.480 e. The summed E-state index contributed by atoms with van der Waals surface area (Å²) in [5, 5.41) is 11.3. The van der Waals surface area contributed by atoms with Gasteiger partial charge in [-0.2, -0.15) is 0 Å². The maximum Gasteiger partial charge on any atom is 0.322 e. The fourth-order valence-electron chi connectivity index (χ4n) is 2.61. The minimum absolute atomic E-state index is 0.0992. The predicted molar refractivity (Wildman–Crippen MR) is 86.3 cm³/mol. The van der Waals surface area contributed by atoms with E-state index >= 15 is 0 Å². The summed E-state index contributed by atoms with van der Waals surface area (Å²) >= 11 is 0. The Labute approximate surface area is 129 Å². The molecule has 0 radical (unpaired) electrons. The first-order valence-corrected chi connectivity index (χ1v) is 8.46. The molecule has 0 aromatic rings. The molecule has 0 saturated heterocycles. The topological polar surface area (TPSA) is 66.4 Å². The zero-order valence-electron chi connectivity index (χ0n) is 14.0. The first-order valence-electron chi connectivity index (χ1n) is 8.46. The van der Waals surface area contributed by atoms with Crippen LogP contribution >= 0.6 is 0 Å². The average Bonchev–Trinajstić information content (AvgIpc) is 2.45. The first-order chi connectivity index (χ1) is 9.96. The number of unbranched alkanes of at least 4 members (excludes halogenated alkanes) is 6. The van der Waals surface area contributed by atoms with Crippen molar-refractivity contribution in [3.8, 4) is 0 Å². The lowest BCUT2D eigenvalue weighted by Crippen LogP contribution is -2.41. The van der Waals surface area contributed by atoms with E-state index < -0.39 is 11.4 Å². The summed E-state index contributed by atoms with van der Waals surface area (Å²) in [4.78, 5) is 22.9.